The second-order valence-electron chi connectivity index (χ2n) is 8.87. The number of carbonyl (C=O) groups is 2. The average Bonchev–Trinajstić information content (AvgIpc) is 3.30. The maximum absolute atomic E-state index is 14.3. The molecule has 2 amide bonds. The molecule has 34 heavy (non-hydrogen) atoms. The third kappa shape index (κ3) is 7.00. The maximum Gasteiger partial charge on any atom is 0.248 e. The molecule has 1 aromatic carbocycles. The first-order chi connectivity index (χ1) is 16.4. The number of nitrogens with one attached hydrogen (secondary N) is 1. The molecule has 1 unspecified atom stereocenters. The number of benzene rings is 1. The minimum absolute atomic E-state index is 0.0715. The van der Waals surface area contributed by atoms with Gasteiger partial charge in [-0.25, -0.2) is 4.39 Å². The van der Waals surface area contributed by atoms with Gasteiger partial charge in [0.2, 0.25) is 11.8 Å². The number of nitrogens with zero attached hydrogens (tertiary/aromatic N) is 1. The predicted molar refractivity (Wildman–Crippen MR) is 138 cm³/mol. The summed E-state index contributed by atoms with van der Waals surface area (Å²) in [6, 6.07) is 8.76. The van der Waals surface area contributed by atoms with Crippen molar-refractivity contribution in [3.63, 3.8) is 0 Å². The monoisotopic (exact) mass is 480 g/mol. The topological polar surface area (TPSA) is 49.4 Å². The van der Waals surface area contributed by atoms with E-state index >= 15 is 0 Å². The molecule has 1 atom stereocenters. The number of anilines is 1. The van der Waals surface area contributed by atoms with Crippen LogP contribution in [0.15, 0.2) is 77.7 Å². The van der Waals surface area contributed by atoms with E-state index < -0.39 is 11.9 Å². The van der Waals surface area contributed by atoms with E-state index in [1.807, 2.05) is 37.4 Å². The summed E-state index contributed by atoms with van der Waals surface area (Å²) in [5.41, 5.74) is 1.96. The van der Waals surface area contributed by atoms with Crippen LogP contribution in [0.5, 0.6) is 0 Å². The maximum atomic E-state index is 14.3. The van der Waals surface area contributed by atoms with Gasteiger partial charge in [-0.2, -0.15) is 0 Å². The first-order valence-corrected chi connectivity index (χ1v) is 12.6. The van der Waals surface area contributed by atoms with Gasteiger partial charge in [0.15, 0.2) is 0 Å². The van der Waals surface area contributed by atoms with Gasteiger partial charge in [0.05, 0.1) is 6.42 Å². The summed E-state index contributed by atoms with van der Waals surface area (Å²) in [5, 5.41) is 5.09. The molecule has 3 rings (SSSR count). The Bertz CT molecular complexity index is 1050. The molecule has 1 aromatic heterocycles. The van der Waals surface area contributed by atoms with Crippen LogP contribution >= 0.6 is 11.3 Å². The highest BCUT2D eigenvalue weighted by molar-refractivity contribution is 7.10. The number of rotatable bonds is 9. The van der Waals surface area contributed by atoms with Crippen molar-refractivity contribution in [2.45, 2.75) is 64.5 Å². The number of hydrogen-bond acceptors (Lipinski definition) is 3. The van der Waals surface area contributed by atoms with Crippen molar-refractivity contribution in [3.05, 3.63) is 88.4 Å². The van der Waals surface area contributed by atoms with Gasteiger partial charge in [-0.15, -0.1) is 11.3 Å². The SMILES string of the molecule is C=C/C=C(\C=C(C)C)C(C(=O)NC1CCCCC1)N(C(=O)Cc1cccs1)c1cccc(F)c1. The second-order valence-corrected chi connectivity index (χ2v) is 9.90. The van der Waals surface area contributed by atoms with Crippen molar-refractivity contribution in [1.82, 2.24) is 5.32 Å². The summed E-state index contributed by atoms with van der Waals surface area (Å²) in [5.74, 6) is -0.996. The zero-order valence-corrected chi connectivity index (χ0v) is 20.7. The minimum Gasteiger partial charge on any atom is -0.351 e. The Kier molecular flexibility index (Phi) is 9.40. The minimum atomic E-state index is -0.955. The van der Waals surface area contributed by atoms with E-state index in [9.17, 15) is 14.0 Å². The largest absolute Gasteiger partial charge is 0.351 e. The molecular formula is C28H33FN2O2S. The summed E-state index contributed by atoms with van der Waals surface area (Å²) in [6.07, 6.45) is 10.5. The Morgan fingerprint density at radius 2 is 1.97 bits per heavy atom. The van der Waals surface area contributed by atoms with Gasteiger partial charge in [0.25, 0.3) is 0 Å². The van der Waals surface area contributed by atoms with Crippen LogP contribution in [0.25, 0.3) is 0 Å². The third-order valence-corrected chi connectivity index (χ3v) is 6.68. The third-order valence-electron chi connectivity index (χ3n) is 5.80. The van der Waals surface area contributed by atoms with Crippen LogP contribution in [-0.4, -0.2) is 23.9 Å². The summed E-state index contributed by atoms with van der Waals surface area (Å²) in [4.78, 5) is 29.9. The Morgan fingerprint density at radius 1 is 1.21 bits per heavy atom. The Hall–Kier alpha value is -2.99. The average molecular weight is 481 g/mol. The quantitative estimate of drug-likeness (QED) is 0.425. The molecule has 0 saturated heterocycles. The summed E-state index contributed by atoms with van der Waals surface area (Å²) >= 11 is 1.48. The van der Waals surface area contributed by atoms with Gasteiger partial charge in [0.1, 0.15) is 11.9 Å². The second kappa shape index (κ2) is 12.5. The Labute approximate surface area is 205 Å². The number of hydrogen-bond donors (Lipinski definition) is 1. The fourth-order valence-corrected chi connectivity index (χ4v) is 5.04. The summed E-state index contributed by atoms with van der Waals surface area (Å²) in [6.45, 7) is 7.69. The first kappa shape index (κ1) is 25.6. The highest BCUT2D eigenvalue weighted by atomic mass is 32.1. The first-order valence-electron chi connectivity index (χ1n) is 11.8. The molecule has 4 nitrogen and oxygen atoms in total. The van der Waals surface area contributed by atoms with Crippen LogP contribution in [-0.2, 0) is 16.0 Å². The summed E-state index contributed by atoms with van der Waals surface area (Å²) < 4.78 is 14.3. The number of thiophene rings is 1. The molecule has 180 valence electrons. The zero-order valence-electron chi connectivity index (χ0n) is 19.9. The van der Waals surface area contributed by atoms with Gasteiger partial charge in [0, 0.05) is 16.6 Å². The molecule has 1 fully saturated rings. The van der Waals surface area contributed by atoms with E-state index in [1.54, 1.807) is 24.3 Å². The lowest BCUT2D eigenvalue weighted by molar-refractivity contribution is -0.126. The Morgan fingerprint density at radius 3 is 2.59 bits per heavy atom. The van der Waals surface area contributed by atoms with Crippen LogP contribution in [0.2, 0.25) is 0 Å². The van der Waals surface area contributed by atoms with Crippen molar-refractivity contribution in [1.29, 1.82) is 0 Å². The van der Waals surface area contributed by atoms with Crippen molar-refractivity contribution in [3.8, 4) is 0 Å². The zero-order chi connectivity index (χ0) is 24.5. The van der Waals surface area contributed by atoms with Crippen molar-refractivity contribution in [2.24, 2.45) is 0 Å². The Balaban J connectivity index is 2.09. The van der Waals surface area contributed by atoms with E-state index in [1.165, 1.54) is 34.8 Å². The fraction of sp³-hybridized carbons (Fsp3) is 0.357. The van der Waals surface area contributed by atoms with Crippen molar-refractivity contribution in [2.75, 3.05) is 4.90 Å². The van der Waals surface area contributed by atoms with Crippen LogP contribution in [0, 0.1) is 5.82 Å². The van der Waals surface area contributed by atoms with E-state index in [-0.39, 0.29) is 24.3 Å². The highest BCUT2D eigenvalue weighted by Crippen LogP contribution is 2.27. The van der Waals surface area contributed by atoms with E-state index in [0.29, 0.717) is 11.3 Å². The molecule has 1 N–H and O–H groups in total. The summed E-state index contributed by atoms with van der Waals surface area (Å²) in [7, 11) is 0. The molecule has 0 aliphatic heterocycles. The number of amides is 2. The van der Waals surface area contributed by atoms with Crippen LogP contribution in [0.4, 0.5) is 10.1 Å². The normalized spacial score (nSPS) is 15.3. The van der Waals surface area contributed by atoms with E-state index in [0.717, 1.165) is 36.1 Å². The van der Waals surface area contributed by atoms with Crippen molar-refractivity contribution < 1.29 is 14.0 Å². The fourth-order valence-electron chi connectivity index (χ4n) is 4.34. The van der Waals surface area contributed by atoms with Crippen LogP contribution < -0.4 is 10.2 Å². The molecule has 0 bridgehead atoms. The van der Waals surface area contributed by atoms with Crippen LogP contribution in [0.3, 0.4) is 0 Å². The van der Waals surface area contributed by atoms with Gasteiger partial charge >= 0.3 is 0 Å². The van der Waals surface area contributed by atoms with E-state index in [4.69, 9.17) is 0 Å². The molecule has 1 aliphatic rings. The lowest BCUT2D eigenvalue weighted by Gasteiger charge is -2.34. The number of halogens is 1. The van der Waals surface area contributed by atoms with Gasteiger partial charge in [-0.05, 0) is 61.9 Å². The van der Waals surface area contributed by atoms with Gasteiger partial charge in [-0.3, -0.25) is 14.5 Å². The molecule has 1 heterocycles. The molecular weight excluding hydrogens is 447 g/mol. The lowest BCUT2D eigenvalue weighted by atomic mass is 9.94. The number of carbonyl (C=O) groups excluding carboxylic acids is 2. The number of allylic oxidation sites excluding steroid dienone is 3. The van der Waals surface area contributed by atoms with Gasteiger partial charge in [-0.1, -0.05) is 61.8 Å². The highest BCUT2D eigenvalue weighted by Gasteiger charge is 2.35. The molecule has 6 heteroatoms. The predicted octanol–water partition coefficient (Wildman–Crippen LogP) is 6.36. The van der Waals surface area contributed by atoms with Gasteiger partial charge < -0.3 is 5.32 Å². The van der Waals surface area contributed by atoms with Crippen molar-refractivity contribution >= 4 is 28.8 Å². The smallest absolute Gasteiger partial charge is 0.248 e. The lowest BCUT2D eigenvalue weighted by Crippen LogP contribution is -2.53. The molecule has 1 aliphatic carbocycles. The van der Waals surface area contributed by atoms with E-state index in [2.05, 4.69) is 11.9 Å². The molecule has 2 aromatic rings. The molecule has 1 saturated carbocycles. The molecule has 0 spiro atoms. The van der Waals surface area contributed by atoms with Crippen LogP contribution in [0.1, 0.15) is 50.8 Å². The standard InChI is InChI=1S/C28H33FN2O2S/c1-4-10-21(17-20(2)3)27(28(33)30-23-12-6-5-7-13-23)31(24-14-8-11-22(29)18-24)26(32)19-25-15-9-16-34-25/h4,8-11,14-18,23,27H,1,5-7,12-13,19H2,2-3H3,(H,30,33)/b21-10+. The molecule has 0 radical (unpaired) electrons.